The molecule has 0 fully saturated rings. The van der Waals surface area contributed by atoms with Gasteiger partial charge in [-0.3, -0.25) is 9.97 Å². The Kier molecular flexibility index (Phi) is 3.44. The van der Waals surface area contributed by atoms with Gasteiger partial charge in [-0.1, -0.05) is 6.07 Å². The smallest absolute Gasteiger partial charge is 0.0623 e. The normalized spacial score (nSPS) is 10.8. The summed E-state index contributed by atoms with van der Waals surface area (Å²) >= 11 is 0. The minimum absolute atomic E-state index is 0.688. The molecule has 0 saturated heterocycles. The van der Waals surface area contributed by atoms with Crippen LogP contribution in [0.4, 0.5) is 11.4 Å². The van der Waals surface area contributed by atoms with Gasteiger partial charge in [0, 0.05) is 40.2 Å². The number of benzene rings is 1. The van der Waals surface area contributed by atoms with Crippen LogP contribution in [0.1, 0.15) is 17.0 Å². The number of nitrogens with one attached hydrogen (secondary N) is 1. The van der Waals surface area contributed by atoms with Crippen LogP contribution in [0.5, 0.6) is 0 Å². The second-order valence-corrected chi connectivity index (χ2v) is 5.19. The van der Waals surface area contributed by atoms with E-state index in [2.05, 4.69) is 34.3 Å². The summed E-state index contributed by atoms with van der Waals surface area (Å²) in [5.41, 5.74) is 11.0. The summed E-state index contributed by atoms with van der Waals surface area (Å²) < 4.78 is 0. The Morgan fingerprint density at radius 1 is 1.10 bits per heavy atom. The largest absolute Gasteiger partial charge is 0.398 e. The number of aryl methyl sites for hydroxylation is 2. The highest BCUT2D eigenvalue weighted by Crippen LogP contribution is 2.28. The maximum Gasteiger partial charge on any atom is 0.0623 e. The Balaban J connectivity index is 1.96. The lowest BCUT2D eigenvalue weighted by molar-refractivity contribution is 1.02. The summed E-state index contributed by atoms with van der Waals surface area (Å²) in [4.78, 5) is 8.73. The fourth-order valence-electron chi connectivity index (χ4n) is 2.40. The molecule has 4 nitrogen and oxygen atoms in total. The van der Waals surface area contributed by atoms with Crippen LogP contribution in [0.15, 0.2) is 42.7 Å². The predicted molar refractivity (Wildman–Crippen MR) is 87.2 cm³/mol. The fourth-order valence-corrected chi connectivity index (χ4v) is 2.40. The Bertz CT molecular complexity index is 796. The van der Waals surface area contributed by atoms with Crippen molar-refractivity contribution in [3.05, 3.63) is 59.7 Å². The van der Waals surface area contributed by atoms with Crippen LogP contribution >= 0.6 is 0 Å². The van der Waals surface area contributed by atoms with E-state index in [0.717, 1.165) is 33.5 Å². The number of fused-ring (bicyclic) bond motifs is 1. The van der Waals surface area contributed by atoms with Crippen LogP contribution < -0.4 is 11.1 Å². The van der Waals surface area contributed by atoms with E-state index < -0.39 is 0 Å². The number of anilines is 2. The Morgan fingerprint density at radius 2 is 1.95 bits per heavy atom. The second-order valence-electron chi connectivity index (χ2n) is 5.19. The van der Waals surface area contributed by atoms with Gasteiger partial charge < -0.3 is 11.1 Å². The number of rotatable bonds is 3. The molecule has 2 aromatic heterocycles. The Hall–Kier alpha value is -2.62. The molecule has 3 rings (SSSR count). The third kappa shape index (κ3) is 2.65. The van der Waals surface area contributed by atoms with Crippen LogP contribution in [0.2, 0.25) is 0 Å². The van der Waals surface area contributed by atoms with Crippen LogP contribution in [-0.4, -0.2) is 9.97 Å². The molecule has 21 heavy (non-hydrogen) atoms. The second kappa shape index (κ2) is 5.40. The first-order valence-electron chi connectivity index (χ1n) is 6.94. The average molecular weight is 278 g/mol. The quantitative estimate of drug-likeness (QED) is 0.720. The number of hydrogen-bond donors (Lipinski definition) is 2. The highest BCUT2D eigenvalue weighted by Gasteiger charge is 2.06. The zero-order chi connectivity index (χ0) is 14.8. The maximum absolute atomic E-state index is 6.03. The molecule has 0 bridgehead atoms. The Labute approximate surface area is 124 Å². The fraction of sp³-hybridized carbons (Fsp3) is 0.176. The van der Waals surface area contributed by atoms with Crippen molar-refractivity contribution >= 4 is 22.1 Å². The van der Waals surface area contributed by atoms with Gasteiger partial charge >= 0.3 is 0 Å². The molecule has 3 N–H and O–H groups in total. The van der Waals surface area contributed by atoms with E-state index in [-0.39, 0.29) is 0 Å². The molecule has 0 aliphatic carbocycles. The van der Waals surface area contributed by atoms with E-state index >= 15 is 0 Å². The molecule has 0 unspecified atom stereocenters. The Morgan fingerprint density at radius 3 is 2.76 bits per heavy atom. The van der Waals surface area contributed by atoms with Crippen molar-refractivity contribution in [1.29, 1.82) is 0 Å². The zero-order valence-corrected chi connectivity index (χ0v) is 12.2. The monoisotopic (exact) mass is 278 g/mol. The van der Waals surface area contributed by atoms with Crippen molar-refractivity contribution in [3.8, 4) is 0 Å². The summed E-state index contributed by atoms with van der Waals surface area (Å²) in [5.74, 6) is 0. The van der Waals surface area contributed by atoms with Crippen molar-refractivity contribution < 1.29 is 0 Å². The van der Waals surface area contributed by atoms with Gasteiger partial charge in [-0.25, -0.2) is 0 Å². The number of nitrogens with zero attached hydrogens (tertiary/aromatic N) is 2. The van der Waals surface area contributed by atoms with Gasteiger partial charge in [0.2, 0.25) is 0 Å². The van der Waals surface area contributed by atoms with Crippen molar-refractivity contribution in [3.63, 3.8) is 0 Å². The van der Waals surface area contributed by atoms with Crippen LogP contribution in [0.25, 0.3) is 10.8 Å². The molecule has 0 aliphatic heterocycles. The van der Waals surface area contributed by atoms with Gasteiger partial charge in [0.05, 0.1) is 12.2 Å². The lowest BCUT2D eigenvalue weighted by Gasteiger charge is -2.12. The molecule has 2 heterocycles. The summed E-state index contributed by atoms with van der Waals surface area (Å²) in [5, 5.41) is 5.52. The van der Waals surface area contributed by atoms with E-state index in [1.165, 1.54) is 5.56 Å². The number of pyridine rings is 2. The molecule has 3 aromatic rings. The minimum atomic E-state index is 0.688. The van der Waals surface area contributed by atoms with E-state index in [0.29, 0.717) is 6.54 Å². The summed E-state index contributed by atoms with van der Waals surface area (Å²) in [7, 11) is 0. The predicted octanol–water partition coefficient (Wildman–Crippen LogP) is 3.44. The van der Waals surface area contributed by atoms with Gasteiger partial charge in [-0.15, -0.1) is 0 Å². The SMILES string of the molecule is Cc1cc2c(NCc3ncccc3C)ccc(N)c2cn1. The van der Waals surface area contributed by atoms with Gasteiger partial charge in [-0.05, 0) is 43.7 Å². The van der Waals surface area contributed by atoms with Crippen molar-refractivity contribution in [2.75, 3.05) is 11.1 Å². The molecule has 4 heteroatoms. The lowest BCUT2D eigenvalue weighted by Crippen LogP contribution is -2.04. The molecule has 0 spiro atoms. The van der Waals surface area contributed by atoms with Crippen molar-refractivity contribution in [2.45, 2.75) is 20.4 Å². The van der Waals surface area contributed by atoms with E-state index in [4.69, 9.17) is 5.73 Å². The van der Waals surface area contributed by atoms with E-state index in [1.54, 1.807) is 0 Å². The van der Waals surface area contributed by atoms with Crippen molar-refractivity contribution in [1.82, 2.24) is 9.97 Å². The third-order valence-corrected chi connectivity index (χ3v) is 3.64. The molecule has 0 aliphatic rings. The van der Waals surface area contributed by atoms with Gasteiger partial charge in [-0.2, -0.15) is 0 Å². The highest BCUT2D eigenvalue weighted by molar-refractivity contribution is 6.00. The number of hydrogen-bond acceptors (Lipinski definition) is 4. The minimum Gasteiger partial charge on any atom is -0.398 e. The topological polar surface area (TPSA) is 63.8 Å². The molecule has 0 radical (unpaired) electrons. The molecule has 1 aromatic carbocycles. The van der Waals surface area contributed by atoms with Gasteiger partial charge in [0.15, 0.2) is 0 Å². The lowest BCUT2D eigenvalue weighted by atomic mass is 10.1. The van der Waals surface area contributed by atoms with Gasteiger partial charge in [0.1, 0.15) is 0 Å². The first-order chi connectivity index (χ1) is 10.1. The summed E-state index contributed by atoms with van der Waals surface area (Å²) in [6, 6.07) is 9.99. The molecule has 0 saturated carbocycles. The number of aromatic nitrogens is 2. The molecular weight excluding hydrogens is 260 g/mol. The highest BCUT2D eigenvalue weighted by atomic mass is 14.9. The standard InChI is InChI=1S/C17H18N4/c1-11-4-3-7-19-17(11)10-21-16-6-5-15(18)14-9-20-12(2)8-13(14)16/h3-9,21H,10,18H2,1-2H3. The summed E-state index contributed by atoms with van der Waals surface area (Å²) in [6.45, 7) is 4.74. The maximum atomic E-state index is 6.03. The van der Waals surface area contributed by atoms with Crippen LogP contribution in [0, 0.1) is 13.8 Å². The molecule has 0 atom stereocenters. The van der Waals surface area contributed by atoms with Crippen LogP contribution in [0.3, 0.4) is 0 Å². The molecule has 106 valence electrons. The number of nitrogens with two attached hydrogens (primary N) is 1. The first-order valence-corrected chi connectivity index (χ1v) is 6.94. The molecule has 0 amide bonds. The third-order valence-electron chi connectivity index (χ3n) is 3.64. The van der Waals surface area contributed by atoms with E-state index in [9.17, 15) is 0 Å². The summed E-state index contributed by atoms with van der Waals surface area (Å²) in [6.07, 6.45) is 3.65. The zero-order valence-electron chi connectivity index (χ0n) is 12.2. The number of nitrogen functional groups attached to an aromatic ring is 1. The van der Waals surface area contributed by atoms with Crippen LogP contribution in [-0.2, 0) is 6.54 Å². The van der Waals surface area contributed by atoms with Gasteiger partial charge in [0.25, 0.3) is 0 Å². The first kappa shape index (κ1) is 13.4. The van der Waals surface area contributed by atoms with Crippen molar-refractivity contribution in [2.24, 2.45) is 0 Å². The van der Waals surface area contributed by atoms with E-state index in [1.807, 2.05) is 37.5 Å². The molecular formula is C17H18N4. The average Bonchev–Trinajstić information content (AvgIpc) is 2.48.